The van der Waals surface area contributed by atoms with Crippen LogP contribution in [-0.4, -0.2) is 17.6 Å². The van der Waals surface area contributed by atoms with E-state index in [4.69, 9.17) is 37.5 Å². The lowest BCUT2D eigenvalue weighted by atomic mass is 10.1. The number of furan rings is 1. The first-order valence-electron chi connectivity index (χ1n) is 8.14. The molecule has 0 aliphatic carbocycles. The van der Waals surface area contributed by atoms with Gasteiger partial charge in [0.15, 0.2) is 6.61 Å². The van der Waals surface area contributed by atoms with E-state index in [2.05, 4.69) is 5.32 Å². The van der Waals surface area contributed by atoms with Gasteiger partial charge in [0.2, 0.25) is 0 Å². The third-order valence-corrected chi connectivity index (χ3v) is 4.60. The highest BCUT2D eigenvalue weighted by atomic mass is 35.5. The first-order chi connectivity index (χ1) is 13.0. The molecule has 140 valence electrons. The average molecular weight is 406 g/mol. The van der Waals surface area contributed by atoms with Crippen LogP contribution in [0.1, 0.15) is 11.3 Å². The summed E-state index contributed by atoms with van der Waals surface area (Å²) in [5, 5.41) is 12.9. The van der Waals surface area contributed by atoms with E-state index in [0.29, 0.717) is 33.0 Å². The standard InChI is InChI=1S/C20H17Cl2NO4/c1-12-8-14(3-6-16(12)21)26-11-20(25)23-18-9-13(2-5-17(18)22)19-7-4-15(10-24)27-19/h2-9,24H,10-11H2,1H3,(H,23,25). The number of nitrogens with one attached hydrogen (secondary N) is 1. The highest BCUT2D eigenvalue weighted by Crippen LogP contribution is 2.30. The van der Waals surface area contributed by atoms with Gasteiger partial charge in [0.25, 0.3) is 5.91 Å². The first-order valence-corrected chi connectivity index (χ1v) is 8.90. The first kappa shape index (κ1) is 19.3. The number of rotatable bonds is 6. The van der Waals surface area contributed by atoms with E-state index in [-0.39, 0.29) is 19.1 Å². The van der Waals surface area contributed by atoms with Crippen molar-refractivity contribution in [3.05, 3.63) is 69.9 Å². The van der Waals surface area contributed by atoms with Gasteiger partial charge >= 0.3 is 0 Å². The second kappa shape index (κ2) is 8.48. The largest absolute Gasteiger partial charge is 0.484 e. The smallest absolute Gasteiger partial charge is 0.262 e. The molecular weight excluding hydrogens is 389 g/mol. The van der Waals surface area contributed by atoms with Gasteiger partial charge in [-0.3, -0.25) is 4.79 Å². The highest BCUT2D eigenvalue weighted by molar-refractivity contribution is 6.33. The van der Waals surface area contributed by atoms with Crippen molar-refractivity contribution in [3.63, 3.8) is 0 Å². The molecule has 0 fully saturated rings. The lowest BCUT2D eigenvalue weighted by Gasteiger charge is -2.10. The van der Waals surface area contributed by atoms with E-state index in [1.54, 1.807) is 48.5 Å². The summed E-state index contributed by atoms with van der Waals surface area (Å²) < 4.78 is 11.0. The van der Waals surface area contributed by atoms with E-state index >= 15 is 0 Å². The third kappa shape index (κ3) is 4.83. The van der Waals surface area contributed by atoms with Crippen LogP contribution in [0.25, 0.3) is 11.3 Å². The van der Waals surface area contributed by atoms with E-state index in [0.717, 1.165) is 11.1 Å². The summed E-state index contributed by atoms with van der Waals surface area (Å²) >= 11 is 12.1. The highest BCUT2D eigenvalue weighted by Gasteiger charge is 2.11. The lowest BCUT2D eigenvalue weighted by molar-refractivity contribution is -0.118. The number of halogens is 2. The van der Waals surface area contributed by atoms with Crippen LogP contribution in [0.3, 0.4) is 0 Å². The molecule has 0 unspecified atom stereocenters. The Morgan fingerprint density at radius 3 is 2.59 bits per heavy atom. The average Bonchev–Trinajstić information content (AvgIpc) is 3.14. The fourth-order valence-corrected chi connectivity index (χ4v) is 2.72. The summed E-state index contributed by atoms with van der Waals surface area (Å²) in [6.07, 6.45) is 0. The third-order valence-electron chi connectivity index (χ3n) is 3.84. The number of hydrogen-bond donors (Lipinski definition) is 2. The molecule has 1 heterocycles. The maximum absolute atomic E-state index is 12.2. The van der Waals surface area contributed by atoms with Gasteiger partial charge in [-0.25, -0.2) is 0 Å². The molecule has 2 N–H and O–H groups in total. The summed E-state index contributed by atoms with van der Waals surface area (Å²) in [5.41, 5.74) is 2.03. The van der Waals surface area contributed by atoms with Gasteiger partial charge in [0.1, 0.15) is 23.9 Å². The van der Waals surface area contributed by atoms with Gasteiger partial charge in [0, 0.05) is 10.6 Å². The van der Waals surface area contributed by atoms with Gasteiger partial charge < -0.3 is 19.6 Å². The van der Waals surface area contributed by atoms with Crippen LogP contribution in [0.2, 0.25) is 10.0 Å². The van der Waals surface area contributed by atoms with Crippen LogP contribution in [0.15, 0.2) is 52.9 Å². The number of aryl methyl sites for hydroxylation is 1. The van der Waals surface area contributed by atoms with Gasteiger partial charge in [-0.2, -0.15) is 0 Å². The molecule has 2 aromatic carbocycles. The molecule has 7 heteroatoms. The Kier molecular flexibility index (Phi) is 6.06. The number of anilines is 1. The number of ether oxygens (including phenoxy) is 1. The molecule has 1 amide bonds. The normalized spacial score (nSPS) is 10.7. The second-order valence-electron chi connectivity index (χ2n) is 5.87. The number of hydrogen-bond acceptors (Lipinski definition) is 4. The molecule has 0 spiro atoms. The quantitative estimate of drug-likeness (QED) is 0.600. The summed E-state index contributed by atoms with van der Waals surface area (Å²) in [7, 11) is 0. The number of amides is 1. The van der Waals surface area contributed by atoms with Gasteiger partial charge in [-0.05, 0) is 61.0 Å². The molecule has 0 aliphatic heterocycles. The minimum atomic E-state index is -0.350. The van der Waals surface area contributed by atoms with Crippen molar-refractivity contribution in [3.8, 4) is 17.1 Å². The minimum absolute atomic E-state index is 0.170. The Morgan fingerprint density at radius 2 is 1.89 bits per heavy atom. The molecule has 3 rings (SSSR count). The molecule has 27 heavy (non-hydrogen) atoms. The number of carbonyl (C=O) groups is 1. The molecule has 0 atom stereocenters. The van der Waals surface area contributed by atoms with E-state index in [9.17, 15) is 4.79 Å². The molecule has 0 radical (unpaired) electrons. The molecule has 0 bridgehead atoms. The maximum atomic E-state index is 12.2. The van der Waals surface area contributed by atoms with Crippen molar-refractivity contribution >= 4 is 34.8 Å². The van der Waals surface area contributed by atoms with Crippen LogP contribution in [0, 0.1) is 6.92 Å². The zero-order valence-corrected chi connectivity index (χ0v) is 16.0. The van der Waals surface area contributed by atoms with Crippen molar-refractivity contribution in [2.75, 3.05) is 11.9 Å². The van der Waals surface area contributed by atoms with Crippen LogP contribution >= 0.6 is 23.2 Å². The van der Waals surface area contributed by atoms with Crippen LogP contribution in [0.4, 0.5) is 5.69 Å². The van der Waals surface area contributed by atoms with Crippen LogP contribution in [-0.2, 0) is 11.4 Å². The monoisotopic (exact) mass is 405 g/mol. The van der Waals surface area contributed by atoms with Gasteiger partial charge in [-0.15, -0.1) is 0 Å². The van der Waals surface area contributed by atoms with E-state index < -0.39 is 0 Å². The minimum Gasteiger partial charge on any atom is -0.484 e. The Hall–Kier alpha value is -2.47. The summed E-state index contributed by atoms with van der Waals surface area (Å²) in [6, 6.07) is 13.7. The van der Waals surface area contributed by atoms with E-state index in [1.165, 1.54) is 0 Å². The Bertz CT molecular complexity index is 968. The summed E-state index contributed by atoms with van der Waals surface area (Å²) in [6.45, 7) is 1.51. The molecule has 1 aromatic heterocycles. The predicted octanol–water partition coefficient (Wildman–Crippen LogP) is 5.07. The van der Waals surface area contributed by atoms with Crippen molar-refractivity contribution < 1.29 is 19.1 Å². The van der Waals surface area contributed by atoms with Gasteiger partial charge in [-0.1, -0.05) is 23.2 Å². The SMILES string of the molecule is Cc1cc(OCC(=O)Nc2cc(-c3ccc(CO)o3)ccc2Cl)ccc1Cl. The molecular formula is C20H17Cl2NO4. The Morgan fingerprint density at radius 1 is 1.11 bits per heavy atom. The van der Waals surface area contributed by atoms with Gasteiger partial charge in [0.05, 0.1) is 10.7 Å². The Labute approximate surface area is 166 Å². The number of aliphatic hydroxyl groups is 1. The fourth-order valence-electron chi connectivity index (χ4n) is 2.43. The zero-order chi connectivity index (χ0) is 19.4. The van der Waals surface area contributed by atoms with Crippen molar-refractivity contribution in [1.82, 2.24) is 0 Å². The van der Waals surface area contributed by atoms with E-state index in [1.807, 2.05) is 6.92 Å². The van der Waals surface area contributed by atoms with Crippen LogP contribution in [0.5, 0.6) is 5.75 Å². The van der Waals surface area contributed by atoms with Crippen LogP contribution < -0.4 is 10.1 Å². The van der Waals surface area contributed by atoms with Crippen molar-refractivity contribution in [2.24, 2.45) is 0 Å². The zero-order valence-electron chi connectivity index (χ0n) is 14.5. The molecule has 5 nitrogen and oxygen atoms in total. The number of carbonyl (C=O) groups excluding carboxylic acids is 1. The fraction of sp³-hybridized carbons (Fsp3) is 0.150. The predicted molar refractivity (Wildman–Crippen MR) is 105 cm³/mol. The topological polar surface area (TPSA) is 71.7 Å². The van der Waals surface area contributed by atoms with Crippen molar-refractivity contribution in [2.45, 2.75) is 13.5 Å². The molecule has 0 saturated carbocycles. The second-order valence-corrected chi connectivity index (χ2v) is 6.68. The summed E-state index contributed by atoms with van der Waals surface area (Å²) in [4.78, 5) is 12.2. The molecule has 0 aliphatic rings. The van der Waals surface area contributed by atoms with Crippen molar-refractivity contribution in [1.29, 1.82) is 0 Å². The Balaban J connectivity index is 1.67. The molecule has 3 aromatic rings. The number of aliphatic hydroxyl groups excluding tert-OH is 1. The lowest BCUT2D eigenvalue weighted by Crippen LogP contribution is -2.20. The number of benzene rings is 2. The molecule has 0 saturated heterocycles. The summed E-state index contributed by atoms with van der Waals surface area (Å²) in [5.74, 6) is 1.23. The maximum Gasteiger partial charge on any atom is 0.262 e.